The standard InChI is InChI=1S/C31H46N2O6/c1-36-20-19-32-22-29(21-30(34)38-24-26-11-5-3-6-12-26)17-16-28(23-37-2)15-9-10-18-33-31(35)39-25-27-13-7-4-8-14-27/h3-8,11-14,28-29,32H,9-10,15-25H2,1-2H3,(H,33,35). The molecule has 0 aliphatic carbocycles. The highest BCUT2D eigenvalue weighted by Crippen LogP contribution is 2.21. The Labute approximate surface area is 233 Å². The molecule has 8 nitrogen and oxygen atoms in total. The minimum atomic E-state index is -0.393. The molecule has 2 unspecified atom stereocenters. The Morgan fingerprint density at radius 3 is 2.03 bits per heavy atom. The molecule has 0 spiro atoms. The number of nitrogens with one attached hydrogen (secondary N) is 2. The van der Waals surface area contributed by atoms with Crippen LogP contribution in [0.25, 0.3) is 0 Å². The SMILES string of the molecule is COCCNCC(CCC(CCCCNC(=O)OCc1ccccc1)COC)CC(=O)OCc1ccccc1. The molecule has 216 valence electrons. The molecule has 2 aromatic rings. The van der Waals surface area contributed by atoms with Crippen molar-refractivity contribution in [2.75, 3.05) is 47.1 Å². The lowest BCUT2D eigenvalue weighted by Crippen LogP contribution is -2.28. The molecular formula is C31H46N2O6. The van der Waals surface area contributed by atoms with Gasteiger partial charge in [0.05, 0.1) is 6.61 Å². The minimum absolute atomic E-state index is 0.172. The number of amides is 1. The number of carbonyl (C=O) groups is 2. The Morgan fingerprint density at radius 1 is 0.744 bits per heavy atom. The fourth-order valence-electron chi connectivity index (χ4n) is 4.33. The number of methoxy groups -OCH3 is 2. The van der Waals surface area contributed by atoms with Gasteiger partial charge in [0.25, 0.3) is 0 Å². The van der Waals surface area contributed by atoms with Gasteiger partial charge in [-0.2, -0.15) is 0 Å². The zero-order chi connectivity index (χ0) is 28.0. The van der Waals surface area contributed by atoms with Crippen LogP contribution in [-0.2, 0) is 37.0 Å². The third kappa shape index (κ3) is 15.9. The van der Waals surface area contributed by atoms with Gasteiger partial charge in [0.2, 0.25) is 0 Å². The number of benzene rings is 2. The molecule has 2 N–H and O–H groups in total. The summed E-state index contributed by atoms with van der Waals surface area (Å²) in [5.74, 6) is 0.387. The van der Waals surface area contributed by atoms with E-state index in [-0.39, 0.29) is 18.5 Å². The largest absolute Gasteiger partial charge is 0.461 e. The normalized spacial score (nSPS) is 12.5. The third-order valence-corrected chi connectivity index (χ3v) is 6.52. The molecule has 0 bridgehead atoms. The van der Waals surface area contributed by atoms with Crippen LogP contribution in [0.2, 0.25) is 0 Å². The number of carbonyl (C=O) groups excluding carboxylic acids is 2. The first-order valence-corrected chi connectivity index (χ1v) is 13.9. The van der Waals surface area contributed by atoms with Gasteiger partial charge in [-0.15, -0.1) is 0 Å². The molecule has 0 aliphatic rings. The summed E-state index contributed by atoms with van der Waals surface area (Å²) in [5.41, 5.74) is 1.95. The van der Waals surface area contributed by atoms with Gasteiger partial charge in [-0.05, 0) is 55.2 Å². The van der Waals surface area contributed by atoms with Crippen molar-refractivity contribution in [3.05, 3.63) is 71.8 Å². The van der Waals surface area contributed by atoms with E-state index in [0.717, 1.165) is 56.3 Å². The van der Waals surface area contributed by atoms with Crippen LogP contribution < -0.4 is 10.6 Å². The van der Waals surface area contributed by atoms with Crippen LogP contribution in [0.3, 0.4) is 0 Å². The Balaban J connectivity index is 1.69. The molecule has 0 aliphatic heterocycles. The fourth-order valence-corrected chi connectivity index (χ4v) is 4.33. The average Bonchev–Trinajstić information content (AvgIpc) is 2.96. The van der Waals surface area contributed by atoms with Gasteiger partial charge in [0.1, 0.15) is 13.2 Å². The average molecular weight is 543 g/mol. The fraction of sp³-hybridized carbons (Fsp3) is 0.548. The summed E-state index contributed by atoms with van der Waals surface area (Å²) in [5, 5.41) is 6.22. The smallest absolute Gasteiger partial charge is 0.407 e. The van der Waals surface area contributed by atoms with E-state index in [9.17, 15) is 9.59 Å². The van der Waals surface area contributed by atoms with Crippen LogP contribution in [0.1, 0.15) is 49.7 Å². The molecule has 2 aromatic carbocycles. The Kier molecular flexibility index (Phi) is 17.3. The topological polar surface area (TPSA) is 95.1 Å². The van der Waals surface area contributed by atoms with Crippen molar-refractivity contribution >= 4 is 12.1 Å². The first-order valence-electron chi connectivity index (χ1n) is 13.9. The Hall–Kier alpha value is -2.94. The molecular weight excluding hydrogens is 496 g/mol. The van der Waals surface area contributed by atoms with E-state index in [1.54, 1.807) is 14.2 Å². The number of ether oxygens (including phenoxy) is 4. The maximum Gasteiger partial charge on any atom is 0.407 e. The molecule has 0 saturated carbocycles. The van der Waals surface area contributed by atoms with E-state index in [2.05, 4.69) is 10.6 Å². The molecule has 39 heavy (non-hydrogen) atoms. The molecule has 0 saturated heterocycles. The third-order valence-electron chi connectivity index (χ3n) is 6.52. The number of unbranched alkanes of at least 4 members (excludes halogenated alkanes) is 1. The van der Waals surface area contributed by atoms with Gasteiger partial charge in [0.15, 0.2) is 0 Å². The van der Waals surface area contributed by atoms with Gasteiger partial charge < -0.3 is 29.6 Å². The van der Waals surface area contributed by atoms with Gasteiger partial charge in [-0.1, -0.05) is 67.1 Å². The first-order chi connectivity index (χ1) is 19.1. The van der Waals surface area contributed by atoms with Crippen molar-refractivity contribution in [1.29, 1.82) is 0 Å². The number of esters is 1. The van der Waals surface area contributed by atoms with E-state index >= 15 is 0 Å². The van der Waals surface area contributed by atoms with Gasteiger partial charge in [0, 0.05) is 40.3 Å². The van der Waals surface area contributed by atoms with E-state index in [0.29, 0.717) is 38.7 Å². The first kappa shape index (κ1) is 32.3. The zero-order valence-corrected chi connectivity index (χ0v) is 23.6. The van der Waals surface area contributed by atoms with Crippen molar-refractivity contribution in [3.63, 3.8) is 0 Å². The van der Waals surface area contributed by atoms with Gasteiger partial charge in [-0.25, -0.2) is 4.79 Å². The highest BCUT2D eigenvalue weighted by atomic mass is 16.5. The molecule has 0 radical (unpaired) electrons. The van der Waals surface area contributed by atoms with Crippen molar-refractivity contribution in [2.24, 2.45) is 11.8 Å². The maximum absolute atomic E-state index is 12.6. The van der Waals surface area contributed by atoms with Crippen LogP contribution in [0.15, 0.2) is 60.7 Å². The van der Waals surface area contributed by atoms with Crippen LogP contribution >= 0.6 is 0 Å². The summed E-state index contributed by atoms with van der Waals surface area (Å²) in [6.07, 6.45) is 4.69. The predicted octanol–water partition coefficient (Wildman–Crippen LogP) is 5.11. The molecule has 1 amide bonds. The van der Waals surface area contributed by atoms with Crippen LogP contribution in [0.4, 0.5) is 4.79 Å². The van der Waals surface area contributed by atoms with E-state index < -0.39 is 6.09 Å². The second kappa shape index (κ2) is 21.0. The number of alkyl carbamates (subject to hydrolysis) is 1. The summed E-state index contributed by atoms with van der Waals surface area (Å²) >= 11 is 0. The molecule has 0 aromatic heterocycles. The summed E-state index contributed by atoms with van der Waals surface area (Å²) in [6.45, 7) is 3.92. The lowest BCUT2D eigenvalue weighted by molar-refractivity contribution is -0.146. The Bertz CT molecular complexity index is 896. The Morgan fingerprint density at radius 2 is 1.38 bits per heavy atom. The van der Waals surface area contributed by atoms with E-state index in [4.69, 9.17) is 18.9 Å². The minimum Gasteiger partial charge on any atom is -0.461 e. The monoisotopic (exact) mass is 542 g/mol. The summed E-state index contributed by atoms with van der Waals surface area (Å²) in [6, 6.07) is 19.4. The predicted molar refractivity (Wildman–Crippen MR) is 152 cm³/mol. The van der Waals surface area contributed by atoms with Crippen LogP contribution in [-0.4, -0.2) is 59.1 Å². The molecule has 2 atom stereocenters. The van der Waals surface area contributed by atoms with Crippen molar-refractivity contribution in [1.82, 2.24) is 10.6 Å². The van der Waals surface area contributed by atoms with Crippen LogP contribution in [0, 0.1) is 11.8 Å². The molecule has 8 heteroatoms. The number of rotatable bonds is 21. The number of hydrogen-bond acceptors (Lipinski definition) is 7. The summed E-state index contributed by atoms with van der Waals surface area (Å²) in [4.78, 5) is 24.5. The zero-order valence-electron chi connectivity index (χ0n) is 23.6. The summed E-state index contributed by atoms with van der Waals surface area (Å²) in [7, 11) is 3.40. The van der Waals surface area contributed by atoms with Crippen molar-refractivity contribution < 1.29 is 28.5 Å². The lowest BCUT2D eigenvalue weighted by atomic mass is 9.90. The molecule has 2 rings (SSSR count). The molecule has 0 fully saturated rings. The van der Waals surface area contributed by atoms with Gasteiger partial charge >= 0.3 is 12.1 Å². The second-order valence-corrected chi connectivity index (χ2v) is 9.80. The molecule has 0 heterocycles. The van der Waals surface area contributed by atoms with E-state index in [1.807, 2.05) is 60.7 Å². The number of hydrogen-bond donors (Lipinski definition) is 2. The highest BCUT2D eigenvalue weighted by molar-refractivity contribution is 5.69. The highest BCUT2D eigenvalue weighted by Gasteiger charge is 2.18. The lowest BCUT2D eigenvalue weighted by Gasteiger charge is -2.21. The maximum atomic E-state index is 12.6. The van der Waals surface area contributed by atoms with Crippen molar-refractivity contribution in [2.45, 2.75) is 51.7 Å². The summed E-state index contributed by atoms with van der Waals surface area (Å²) < 4.78 is 21.4. The quantitative estimate of drug-likeness (QED) is 0.167. The van der Waals surface area contributed by atoms with Crippen LogP contribution in [0.5, 0.6) is 0 Å². The van der Waals surface area contributed by atoms with Gasteiger partial charge in [-0.3, -0.25) is 4.79 Å². The van der Waals surface area contributed by atoms with E-state index in [1.165, 1.54) is 0 Å². The second-order valence-electron chi connectivity index (χ2n) is 9.80. The van der Waals surface area contributed by atoms with Crippen molar-refractivity contribution in [3.8, 4) is 0 Å².